The molecule has 2 aliphatic rings. The van der Waals surface area contributed by atoms with E-state index in [1.807, 2.05) is 20.8 Å². The van der Waals surface area contributed by atoms with E-state index in [1.165, 1.54) is 22.7 Å². The van der Waals surface area contributed by atoms with Crippen molar-refractivity contribution >= 4 is 29.4 Å². The van der Waals surface area contributed by atoms with Gasteiger partial charge in [-0.3, -0.25) is 9.59 Å². The van der Waals surface area contributed by atoms with Crippen LogP contribution in [0.25, 0.3) is 0 Å². The Labute approximate surface area is 134 Å². The molecule has 2 rings (SSSR count). The summed E-state index contributed by atoms with van der Waals surface area (Å²) in [7, 11) is 0. The average molecular weight is 326 g/mol. The standard InChI is InChI=1S/C15H22N2O4S/c1-5-6-9(18)7-8(2)16-10-12(19)17-11(14(20)21)15(3,4)22-13(10)17/h7,10-11,13,16H,5-6H2,1-4H3,(H,20,21)/t10-,11+,13-/m1/s1. The molecule has 0 aromatic rings. The topological polar surface area (TPSA) is 86.7 Å². The number of nitrogens with zero attached hydrogens (tertiary/aromatic N) is 1. The SMILES string of the molecule is CCCC(=O)C=C(C)N[C@@H]1C(=O)N2[C@@H]1SC(C)(C)[C@@H]2C(=O)O. The van der Waals surface area contributed by atoms with Gasteiger partial charge < -0.3 is 15.3 Å². The quantitative estimate of drug-likeness (QED) is 0.566. The normalized spacial score (nSPS) is 29.8. The van der Waals surface area contributed by atoms with Gasteiger partial charge in [0.25, 0.3) is 0 Å². The van der Waals surface area contributed by atoms with Gasteiger partial charge in [-0.25, -0.2) is 4.79 Å². The number of nitrogens with one attached hydrogen (secondary N) is 1. The minimum Gasteiger partial charge on any atom is -0.480 e. The van der Waals surface area contributed by atoms with E-state index in [9.17, 15) is 19.5 Å². The lowest BCUT2D eigenvalue weighted by Gasteiger charge is -2.44. The molecule has 0 spiro atoms. The summed E-state index contributed by atoms with van der Waals surface area (Å²) < 4.78 is -0.530. The van der Waals surface area contributed by atoms with E-state index in [2.05, 4.69) is 5.32 Å². The molecule has 122 valence electrons. The molecule has 0 unspecified atom stereocenters. The van der Waals surface area contributed by atoms with Gasteiger partial charge in [-0.15, -0.1) is 11.8 Å². The van der Waals surface area contributed by atoms with Crippen LogP contribution >= 0.6 is 11.8 Å². The zero-order valence-corrected chi connectivity index (χ0v) is 14.1. The fourth-order valence-corrected chi connectivity index (χ4v) is 4.62. The molecule has 0 saturated carbocycles. The number of thioether (sulfide) groups is 1. The highest BCUT2D eigenvalue weighted by Gasteiger charge is 2.63. The van der Waals surface area contributed by atoms with Crippen LogP contribution in [0, 0.1) is 0 Å². The van der Waals surface area contributed by atoms with Crippen LogP contribution in [0.15, 0.2) is 11.8 Å². The summed E-state index contributed by atoms with van der Waals surface area (Å²) in [5.41, 5.74) is 0.647. The van der Waals surface area contributed by atoms with Crippen molar-refractivity contribution in [2.75, 3.05) is 0 Å². The van der Waals surface area contributed by atoms with Crippen molar-refractivity contribution in [2.45, 2.75) is 62.7 Å². The number of carboxylic acids is 1. The molecule has 7 heteroatoms. The van der Waals surface area contributed by atoms with Crippen molar-refractivity contribution in [1.82, 2.24) is 10.2 Å². The van der Waals surface area contributed by atoms with Crippen LogP contribution in [0.3, 0.4) is 0 Å². The largest absolute Gasteiger partial charge is 0.480 e. The molecule has 2 fully saturated rings. The van der Waals surface area contributed by atoms with Crippen LogP contribution in [0.2, 0.25) is 0 Å². The second-order valence-electron chi connectivity index (χ2n) is 6.26. The number of hydrogen-bond acceptors (Lipinski definition) is 5. The van der Waals surface area contributed by atoms with Crippen molar-refractivity contribution in [3.8, 4) is 0 Å². The van der Waals surface area contributed by atoms with Gasteiger partial charge in [0.1, 0.15) is 17.5 Å². The summed E-state index contributed by atoms with van der Waals surface area (Å²) in [6.45, 7) is 7.37. The first-order valence-electron chi connectivity index (χ1n) is 7.39. The van der Waals surface area contributed by atoms with Gasteiger partial charge in [-0.2, -0.15) is 0 Å². The molecular weight excluding hydrogens is 304 g/mol. The van der Waals surface area contributed by atoms with Crippen LogP contribution in [0.5, 0.6) is 0 Å². The van der Waals surface area contributed by atoms with Crippen LogP contribution < -0.4 is 5.32 Å². The second kappa shape index (κ2) is 5.95. The molecule has 2 heterocycles. The predicted octanol–water partition coefficient (Wildman–Crippen LogP) is 1.36. The summed E-state index contributed by atoms with van der Waals surface area (Å²) in [5, 5.41) is 12.2. The Morgan fingerprint density at radius 3 is 2.64 bits per heavy atom. The Kier molecular flexibility index (Phi) is 4.56. The fraction of sp³-hybridized carbons (Fsp3) is 0.667. The van der Waals surface area contributed by atoms with Crippen LogP contribution in [0.4, 0.5) is 0 Å². The smallest absolute Gasteiger partial charge is 0.327 e. The van der Waals surface area contributed by atoms with Crippen molar-refractivity contribution in [1.29, 1.82) is 0 Å². The Balaban J connectivity index is 2.07. The first-order chi connectivity index (χ1) is 10.2. The van der Waals surface area contributed by atoms with E-state index in [0.29, 0.717) is 12.1 Å². The number of β-lactam (4-membered cyclic amide) rings is 1. The number of fused-ring (bicyclic) bond motifs is 1. The highest BCUT2D eigenvalue weighted by Crippen LogP contribution is 2.50. The predicted molar refractivity (Wildman–Crippen MR) is 84.3 cm³/mol. The van der Waals surface area contributed by atoms with E-state index in [0.717, 1.165) is 6.42 Å². The molecular formula is C15H22N2O4S. The van der Waals surface area contributed by atoms with E-state index >= 15 is 0 Å². The van der Waals surface area contributed by atoms with Gasteiger partial charge in [0.15, 0.2) is 5.78 Å². The number of amides is 1. The summed E-state index contributed by atoms with van der Waals surface area (Å²) in [6.07, 6.45) is 2.78. The molecule has 0 aromatic heterocycles. The first-order valence-corrected chi connectivity index (χ1v) is 8.27. The third-order valence-corrected chi connectivity index (χ3v) is 5.50. The zero-order valence-electron chi connectivity index (χ0n) is 13.3. The Bertz CT molecular complexity index is 544. The molecule has 0 aromatic carbocycles. The van der Waals surface area contributed by atoms with Gasteiger partial charge in [0.05, 0.1) is 0 Å². The lowest BCUT2D eigenvalue weighted by atomic mass is 9.96. The maximum Gasteiger partial charge on any atom is 0.327 e. The lowest BCUT2D eigenvalue weighted by Crippen LogP contribution is -2.69. The number of rotatable bonds is 6. The number of aliphatic carboxylic acids is 1. The lowest BCUT2D eigenvalue weighted by molar-refractivity contribution is -0.160. The summed E-state index contributed by atoms with van der Waals surface area (Å²) in [6, 6.07) is -1.27. The molecule has 0 bridgehead atoms. The van der Waals surface area contributed by atoms with Crippen LogP contribution in [-0.2, 0) is 14.4 Å². The van der Waals surface area contributed by atoms with Gasteiger partial charge in [0, 0.05) is 16.9 Å². The maximum absolute atomic E-state index is 12.3. The van der Waals surface area contributed by atoms with Gasteiger partial charge in [0.2, 0.25) is 5.91 Å². The molecule has 2 N–H and O–H groups in total. The van der Waals surface area contributed by atoms with E-state index in [-0.39, 0.29) is 17.1 Å². The number of hydrogen-bond donors (Lipinski definition) is 2. The number of carbonyl (C=O) groups excluding carboxylic acids is 2. The van der Waals surface area contributed by atoms with Crippen molar-refractivity contribution < 1.29 is 19.5 Å². The molecule has 2 saturated heterocycles. The molecule has 6 nitrogen and oxygen atoms in total. The van der Waals surface area contributed by atoms with Crippen molar-refractivity contribution in [3.05, 3.63) is 11.8 Å². The third-order valence-electron chi connectivity index (χ3n) is 3.93. The third kappa shape index (κ3) is 2.86. The van der Waals surface area contributed by atoms with Gasteiger partial charge >= 0.3 is 5.97 Å². The monoisotopic (exact) mass is 326 g/mol. The first kappa shape index (κ1) is 16.9. The average Bonchev–Trinajstić information content (AvgIpc) is 2.65. The Hall–Kier alpha value is -1.50. The number of carbonyl (C=O) groups is 3. The Morgan fingerprint density at radius 1 is 1.45 bits per heavy atom. The van der Waals surface area contributed by atoms with E-state index < -0.39 is 22.8 Å². The summed E-state index contributed by atoms with van der Waals surface area (Å²) in [4.78, 5) is 36.7. The zero-order chi connectivity index (χ0) is 16.7. The summed E-state index contributed by atoms with van der Waals surface area (Å²) >= 11 is 1.49. The molecule has 0 radical (unpaired) electrons. The molecule has 0 aliphatic carbocycles. The molecule has 2 aliphatic heterocycles. The second-order valence-corrected chi connectivity index (χ2v) is 8.03. The highest BCUT2D eigenvalue weighted by molar-refractivity contribution is 8.01. The molecule has 1 amide bonds. The van der Waals surface area contributed by atoms with Gasteiger partial charge in [-0.1, -0.05) is 6.92 Å². The fourth-order valence-electron chi connectivity index (χ4n) is 2.99. The van der Waals surface area contributed by atoms with Crippen molar-refractivity contribution in [2.24, 2.45) is 0 Å². The van der Waals surface area contributed by atoms with Crippen LogP contribution in [0.1, 0.15) is 40.5 Å². The number of ketones is 1. The Morgan fingerprint density at radius 2 is 2.09 bits per heavy atom. The molecule has 3 atom stereocenters. The minimum atomic E-state index is -0.975. The minimum absolute atomic E-state index is 0.0268. The van der Waals surface area contributed by atoms with E-state index in [4.69, 9.17) is 0 Å². The molecule has 22 heavy (non-hydrogen) atoms. The number of carboxylic acid groups (broad SMARTS) is 1. The number of allylic oxidation sites excluding steroid dienone is 2. The summed E-state index contributed by atoms with van der Waals surface area (Å²) in [5.74, 6) is -1.16. The van der Waals surface area contributed by atoms with Crippen LogP contribution in [-0.4, -0.2) is 49.9 Å². The highest BCUT2D eigenvalue weighted by atomic mass is 32.2. The van der Waals surface area contributed by atoms with E-state index in [1.54, 1.807) is 6.92 Å². The van der Waals surface area contributed by atoms with Crippen molar-refractivity contribution in [3.63, 3.8) is 0 Å². The maximum atomic E-state index is 12.3. The van der Waals surface area contributed by atoms with Gasteiger partial charge in [-0.05, 0) is 33.3 Å².